The number of hydrogen-bond acceptors (Lipinski definition) is 6. The fourth-order valence-corrected chi connectivity index (χ4v) is 2.97. The summed E-state index contributed by atoms with van der Waals surface area (Å²) in [6, 6.07) is 8.40. The van der Waals surface area contributed by atoms with Gasteiger partial charge < -0.3 is 16.0 Å². The van der Waals surface area contributed by atoms with Crippen molar-refractivity contribution < 1.29 is 9.72 Å². The normalized spacial score (nSPS) is 16.8. The number of hydrogen-bond donors (Lipinski definition) is 3. The number of piperidine rings is 1. The maximum atomic E-state index is 12.2. The van der Waals surface area contributed by atoms with Gasteiger partial charge in [-0.1, -0.05) is 12.1 Å². The highest BCUT2D eigenvalue weighted by molar-refractivity contribution is 5.92. The number of aromatic nitrogens is 2. The molecule has 1 fully saturated rings. The fourth-order valence-electron chi connectivity index (χ4n) is 2.97. The summed E-state index contributed by atoms with van der Waals surface area (Å²) >= 11 is 0. The molecule has 1 aromatic heterocycles. The molecule has 3 N–H and O–H groups in total. The van der Waals surface area contributed by atoms with Crippen molar-refractivity contribution in [3.63, 3.8) is 0 Å². The summed E-state index contributed by atoms with van der Waals surface area (Å²) in [5.74, 6) is -0.253. The van der Waals surface area contributed by atoms with Crippen molar-refractivity contribution in [1.29, 1.82) is 0 Å². The van der Waals surface area contributed by atoms with Crippen LogP contribution in [-0.4, -0.2) is 46.8 Å². The Hall–Kier alpha value is -2.94. The first-order chi connectivity index (χ1) is 12.6. The average Bonchev–Trinajstić information content (AvgIpc) is 3.16. The van der Waals surface area contributed by atoms with Crippen LogP contribution in [0.1, 0.15) is 29.4 Å². The van der Waals surface area contributed by atoms with E-state index in [2.05, 4.69) is 21.0 Å². The van der Waals surface area contributed by atoms with E-state index in [0.717, 1.165) is 25.9 Å². The van der Waals surface area contributed by atoms with Gasteiger partial charge >= 0.3 is 0 Å². The van der Waals surface area contributed by atoms with E-state index in [1.54, 1.807) is 24.3 Å². The minimum atomic E-state index is -0.437. The number of carbonyl (C=O) groups is 1. The van der Waals surface area contributed by atoms with Crippen molar-refractivity contribution in [3.05, 3.63) is 52.3 Å². The van der Waals surface area contributed by atoms with Gasteiger partial charge in [0.25, 0.3) is 11.6 Å². The lowest BCUT2D eigenvalue weighted by Crippen LogP contribution is -2.32. The third-order valence-corrected chi connectivity index (χ3v) is 4.31. The molecule has 1 amide bonds. The van der Waals surface area contributed by atoms with Crippen molar-refractivity contribution in [2.75, 3.05) is 31.5 Å². The van der Waals surface area contributed by atoms with Gasteiger partial charge in [0.1, 0.15) is 11.4 Å². The molecule has 26 heavy (non-hydrogen) atoms. The predicted molar refractivity (Wildman–Crippen MR) is 97.3 cm³/mol. The SMILES string of the molecule is O=C(NCCNc1ccccc1[N+](=O)[O-])c1ccn(C2CCCNC2)n1. The summed E-state index contributed by atoms with van der Waals surface area (Å²) in [4.78, 5) is 22.7. The molecule has 9 heteroatoms. The zero-order valence-electron chi connectivity index (χ0n) is 14.4. The van der Waals surface area contributed by atoms with E-state index in [9.17, 15) is 14.9 Å². The molecule has 0 aliphatic carbocycles. The quantitative estimate of drug-likeness (QED) is 0.393. The zero-order valence-corrected chi connectivity index (χ0v) is 14.4. The lowest BCUT2D eigenvalue weighted by molar-refractivity contribution is -0.384. The van der Waals surface area contributed by atoms with E-state index < -0.39 is 4.92 Å². The van der Waals surface area contributed by atoms with Gasteiger partial charge in [-0.3, -0.25) is 19.6 Å². The molecule has 9 nitrogen and oxygen atoms in total. The van der Waals surface area contributed by atoms with Crippen LogP contribution in [0.25, 0.3) is 0 Å². The monoisotopic (exact) mass is 358 g/mol. The molecular formula is C17H22N6O3. The second-order valence-electron chi connectivity index (χ2n) is 6.14. The Kier molecular flexibility index (Phi) is 5.80. The lowest BCUT2D eigenvalue weighted by atomic mass is 10.1. The first-order valence-electron chi connectivity index (χ1n) is 8.66. The Balaban J connectivity index is 1.47. The third-order valence-electron chi connectivity index (χ3n) is 4.31. The third kappa shape index (κ3) is 4.37. The van der Waals surface area contributed by atoms with Crippen molar-refractivity contribution in [2.24, 2.45) is 0 Å². The lowest BCUT2D eigenvalue weighted by Gasteiger charge is -2.22. The molecule has 2 heterocycles. The predicted octanol–water partition coefficient (Wildman–Crippen LogP) is 1.56. The summed E-state index contributed by atoms with van der Waals surface area (Å²) in [6.45, 7) is 2.60. The van der Waals surface area contributed by atoms with E-state index in [1.165, 1.54) is 6.07 Å². The van der Waals surface area contributed by atoms with Gasteiger partial charge in [0, 0.05) is 31.9 Å². The molecule has 1 atom stereocenters. The Morgan fingerprint density at radius 2 is 2.19 bits per heavy atom. The van der Waals surface area contributed by atoms with Crippen molar-refractivity contribution in [3.8, 4) is 0 Å². The molecular weight excluding hydrogens is 336 g/mol. The molecule has 0 spiro atoms. The summed E-state index contributed by atoms with van der Waals surface area (Å²) in [5.41, 5.74) is 0.820. The molecule has 1 aromatic carbocycles. The standard InChI is InChI=1S/C17H22N6O3/c24-17(15-7-11-22(21-15)13-4-3-8-18-12-13)20-10-9-19-14-5-1-2-6-16(14)23(25)26/h1-2,5-7,11,13,18-19H,3-4,8-10,12H2,(H,20,24). The topological polar surface area (TPSA) is 114 Å². The van der Waals surface area contributed by atoms with Crippen LogP contribution >= 0.6 is 0 Å². The maximum Gasteiger partial charge on any atom is 0.292 e. The first kappa shape index (κ1) is 17.9. The highest BCUT2D eigenvalue weighted by atomic mass is 16.6. The second-order valence-corrected chi connectivity index (χ2v) is 6.14. The molecule has 0 bridgehead atoms. The van der Waals surface area contributed by atoms with Crippen LogP contribution in [0.2, 0.25) is 0 Å². The Bertz CT molecular complexity index is 769. The van der Waals surface area contributed by atoms with Crippen LogP contribution in [-0.2, 0) is 0 Å². The molecule has 3 rings (SSSR count). The minimum absolute atomic E-state index is 0.0126. The van der Waals surface area contributed by atoms with Gasteiger partial charge in [-0.15, -0.1) is 0 Å². The number of benzene rings is 1. The fraction of sp³-hybridized carbons (Fsp3) is 0.412. The van der Waals surface area contributed by atoms with Crippen LogP contribution in [0.3, 0.4) is 0 Å². The smallest absolute Gasteiger partial charge is 0.292 e. The van der Waals surface area contributed by atoms with Crippen LogP contribution in [0.15, 0.2) is 36.5 Å². The number of nitrogens with zero attached hydrogens (tertiary/aromatic N) is 3. The minimum Gasteiger partial charge on any atom is -0.378 e. The van der Waals surface area contributed by atoms with Crippen LogP contribution < -0.4 is 16.0 Å². The van der Waals surface area contributed by atoms with Gasteiger partial charge in [0.05, 0.1) is 11.0 Å². The van der Waals surface area contributed by atoms with Gasteiger partial charge in [0.15, 0.2) is 0 Å². The van der Waals surface area contributed by atoms with E-state index in [-0.39, 0.29) is 17.6 Å². The molecule has 1 aliphatic rings. The largest absolute Gasteiger partial charge is 0.378 e. The van der Waals surface area contributed by atoms with Gasteiger partial charge in [-0.05, 0) is 31.5 Å². The number of anilines is 1. The molecule has 0 radical (unpaired) electrons. The zero-order chi connectivity index (χ0) is 18.4. The summed E-state index contributed by atoms with van der Waals surface area (Å²) in [7, 11) is 0. The van der Waals surface area contributed by atoms with Gasteiger partial charge in [-0.25, -0.2) is 0 Å². The molecule has 2 aromatic rings. The first-order valence-corrected chi connectivity index (χ1v) is 8.66. The highest BCUT2D eigenvalue weighted by Gasteiger charge is 2.17. The number of carbonyl (C=O) groups excluding carboxylic acids is 1. The van der Waals surface area contributed by atoms with E-state index in [0.29, 0.717) is 24.5 Å². The molecule has 1 unspecified atom stereocenters. The number of nitro groups is 1. The van der Waals surface area contributed by atoms with E-state index in [1.807, 2.05) is 10.9 Å². The van der Waals surface area contributed by atoms with E-state index in [4.69, 9.17) is 0 Å². The maximum absolute atomic E-state index is 12.2. The molecule has 138 valence electrons. The number of nitrogens with one attached hydrogen (secondary N) is 3. The second kappa shape index (κ2) is 8.43. The van der Waals surface area contributed by atoms with Crippen molar-refractivity contribution in [1.82, 2.24) is 20.4 Å². The molecule has 1 aliphatic heterocycles. The number of amides is 1. The van der Waals surface area contributed by atoms with Crippen LogP contribution in [0.5, 0.6) is 0 Å². The Morgan fingerprint density at radius 1 is 1.35 bits per heavy atom. The summed E-state index contributed by atoms with van der Waals surface area (Å²) in [5, 5.41) is 24.4. The highest BCUT2D eigenvalue weighted by Crippen LogP contribution is 2.22. The van der Waals surface area contributed by atoms with Gasteiger partial charge in [0.2, 0.25) is 0 Å². The molecule has 0 saturated carbocycles. The number of rotatable bonds is 7. The summed E-state index contributed by atoms with van der Waals surface area (Å²) < 4.78 is 1.84. The Morgan fingerprint density at radius 3 is 2.96 bits per heavy atom. The Labute approximate surface area is 150 Å². The van der Waals surface area contributed by atoms with Crippen molar-refractivity contribution >= 4 is 17.3 Å². The van der Waals surface area contributed by atoms with Crippen LogP contribution in [0.4, 0.5) is 11.4 Å². The van der Waals surface area contributed by atoms with Crippen molar-refractivity contribution in [2.45, 2.75) is 18.9 Å². The number of nitro benzene ring substituents is 1. The van der Waals surface area contributed by atoms with Crippen LogP contribution in [0, 0.1) is 10.1 Å². The number of para-hydroxylation sites is 2. The average molecular weight is 358 g/mol. The van der Waals surface area contributed by atoms with Gasteiger partial charge in [-0.2, -0.15) is 5.10 Å². The molecule has 1 saturated heterocycles. The summed E-state index contributed by atoms with van der Waals surface area (Å²) in [6.07, 6.45) is 3.98. The van der Waals surface area contributed by atoms with E-state index >= 15 is 0 Å².